The molecule has 1 saturated carbocycles. The molecule has 0 spiro atoms. The number of ether oxygens (including phenoxy) is 1. The summed E-state index contributed by atoms with van der Waals surface area (Å²) < 4.78 is 5.85. The van der Waals surface area contributed by atoms with Gasteiger partial charge in [-0.05, 0) is 30.5 Å². The summed E-state index contributed by atoms with van der Waals surface area (Å²) in [5.74, 6) is 3.27. The predicted octanol–water partition coefficient (Wildman–Crippen LogP) is 2.56. The Morgan fingerprint density at radius 3 is 2.35 bits per heavy atom. The van der Waals surface area contributed by atoms with Crippen LogP contribution in [0.4, 0.5) is 0 Å². The van der Waals surface area contributed by atoms with Crippen LogP contribution in [0, 0.1) is 0 Å². The van der Waals surface area contributed by atoms with Crippen LogP contribution in [0.1, 0.15) is 24.8 Å². The van der Waals surface area contributed by atoms with Gasteiger partial charge in [0, 0.05) is 23.5 Å². The lowest BCUT2D eigenvalue weighted by Gasteiger charge is -2.41. The van der Waals surface area contributed by atoms with Crippen molar-refractivity contribution >= 4 is 11.8 Å². The number of nitrogens with two attached hydrogens (primary N) is 1. The largest absolute Gasteiger partial charge is 0.489 e. The van der Waals surface area contributed by atoms with E-state index in [-0.39, 0.29) is 5.41 Å². The van der Waals surface area contributed by atoms with E-state index in [1.54, 1.807) is 0 Å². The van der Waals surface area contributed by atoms with Crippen LogP contribution in [0.15, 0.2) is 24.3 Å². The molecule has 1 aromatic rings. The van der Waals surface area contributed by atoms with Gasteiger partial charge in [0.1, 0.15) is 11.9 Å². The Kier molecular flexibility index (Phi) is 3.05. The molecule has 1 aromatic carbocycles. The molecule has 0 atom stereocenters. The summed E-state index contributed by atoms with van der Waals surface area (Å²) in [7, 11) is 0. The average Bonchev–Trinajstić information content (AvgIpc) is 2.25. The van der Waals surface area contributed by atoms with E-state index in [0.717, 1.165) is 23.8 Å². The topological polar surface area (TPSA) is 35.2 Å². The van der Waals surface area contributed by atoms with Crippen LogP contribution in [-0.4, -0.2) is 24.2 Å². The van der Waals surface area contributed by atoms with Gasteiger partial charge in [0.05, 0.1) is 0 Å². The van der Waals surface area contributed by atoms with E-state index in [2.05, 4.69) is 24.3 Å². The molecular weight excluding hydrogens is 230 g/mol. The van der Waals surface area contributed by atoms with E-state index in [4.69, 9.17) is 10.5 Å². The van der Waals surface area contributed by atoms with E-state index < -0.39 is 0 Å². The molecule has 1 aliphatic heterocycles. The SMILES string of the molecule is NCC1(c2ccc(OC3CSC3)cc2)CCC1. The standard InChI is InChI=1S/C14H19NOS/c15-10-14(6-1-7-14)11-2-4-12(5-3-11)16-13-8-17-9-13/h2-5,13H,1,6-10,15H2. The molecule has 1 heterocycles. The van der Waals surface area contributed by atoms with Gasteiger partial charge < -0.3 is 10.5 Å². The fourth-order valence-electron chi connectivity index (χ4n) is 2.58. The number of benzene rings is 1. The summed E-state index contributed by atoms with van der Waals surface area (Å²) in [4.78, 5) is 0. The first kappa shape index (κ1) is 11.4. The molecule has 2 N–H and O–H groups in total. The van der Waals surface area contributed by atoms with Crippen LogP contribution in [0.5, 0.6) is 5.75 Å². The Bertz CT molecular complexity index is 376. The fourth-order valence-corrected chi connectivity index (χ4v) is 3.14. The zero-order valence-corrected chi connectivity index (χ0v) is 10.8. The smallest absolute Gasteiger partial charge is 0.119 e. The lowest BCUT2D eigenvalue weighted by Crippen LogP contribution is -2.41. The summed E-state index contributed by atoms with van der Waals surface area (Å²) in [5, 5.41) is 0. The Labute approximate surface area is 107 Å². The molecule has 2 fully saturated rings. The van der Waals surface area contributed by atoms with E-state index >= 15 is 0 Å². The molecule has 0 bridgehead atoms. The predicted molar refractivity (Wildman–Crippen MR) is 72.8 cm³/mol. The molecule has 17 heavy (non-hydrogen) atoms. The monoisotopic (exact) mass is 249 g/mol. The molecule has 3 rings (SSSR count). The summed E-state index contributed by atoms with van der Waals surface area (Å²) in [5.41, 5.74) is 7.58. The van der Waals surface area contributed by atoms with Crippen molar-refractivity contribution in [3.05, 3.63) is 29.8 Å². The maximum Gasteiger partial charge on any atom is 0.119 e. The van der Waals surface area contributed by atoms with Crippen LogP contribution >= 0.6 is 11.8 Å². The Hall–Kier alpha value is -0.670. The summed E-state index contributed by atoms with van der Waals surface area (Å²) in [6.45, 7) is 0.770. The van der Waals surface area contributed by atoms with Crippen LogP contribution in [-0.2, 0) is 5.41 Å². The lowest BCUT2D eigenvalue weighted by molar-refractivity contribution is 0.238. The summed E-state index contributed by atoms with van der Waals surface area (Å²) in [6.07, 6.45) is 4.22. The number of thioether (sulfide) groups is 1. The van der Waals surface area contributed by atoms with Crippen LogP contribution in [0.2, 0.25) is 0 Å². The quantitative estimate of drug-likeness (QED) is 0.890. The highest BCUT2D eigenvalue weighted by Gasteiger charge is 2.37. The highest BCUT2D eigenvalue weighted by molar-refractivity contribution is 8.00. The van der Waals surface area contributed by atoms with Crippen molar-refractivity contribution in [3.63, 3.8) is 0 Å². The number of hydrogen-bond donors (Lipinski definition) is 1. The van der Waals surface area contributed by atoms with E-state index in [0.29, 0.717) is 6.10 Å². The summed E-state index contributed by atoms with van der Waals surface area (Å²) in [6, 6.07) is 8.61. The third kappa shape index (κ3) is 2.06. The zero-order chi connectivity index (χ0) is 11.7. The van der Waals surface area contributed by atoms with Crippen LogP contribution < -0.4 is 10.5 Å². The molecule has 2 nitrogen and oxygen atoms in total. The molecule has 3 heteroatoms. The van der Waals surface area contributed by atoms with Gasteiger partial charge >= 0.3 is 0 Å². The minimum atomic E-state index is 0.269. The minimum Gasteiger partial charge on any atom is -0.489 e. The van der Waals surface area contributed by atoms with Crippen LogP contribution in [0.3, 0.4) is 0 Å². The third-order valence-corrected chi connectivity index (χ3v) is 5.29. The van der Waals surface area contributed by atoms with Gasteiger partial charge in [-0.1, -0.05) is 18.6 Å². The Morgan fingerprint density at radius 2 is 1.94 bits per heavy atom. The van der Waals surface area contributed by atoms with E-state index in [9.17, 15) is 0 Å². The molecule has 92 valence electrons. The Balaban J connectivity index is 1.70. The average molecular weight is 249 g/mol. The second-order valence-corrected chi connectivity index (χ2v) is 6.21. The zero-order valence-electron chi connectivity index (χ0n) is 10.0. The molecule has 0 amide bonds. The van der Waals surface area contributed by atoms with Gasteiger partial charge in [0.15, 0.2) is 0 Å². The molecule has 0 aromatic heterocycles. The maximum atomic E-state index is 5.92. The molecule has 2 aliphatic rings. The van der Waals surface area contributed by atoms with Gasteiger partial charge in [-0.3, -0.25) is 0 Å². The van der Waals surface area contributed by atoms with Crippen molar-refractivity contribution in [1.29, 1.82) is 0 Å². The number of rotatable bonds is 4. The molecule has 0 unspecified atom stereocenters. The lowest BCUT2D eigenvalue weighted by atomic mass is 9.64. The van der Waals surface area contributed by atoms with Gasteiger partial charge in [-0.2, -0.15) is 11.8 Å². The minimum absolute atomic E-state index is 0.269. The van der Waals surface area contributed by atoms with Crippen molar-refractivity contribution in [3.8, 4) is 5.75 Å². The first-order valence-corrected chi connectivity index (χ1v) is 7.53. The van der Waals surface area contributed by atoms with Gasteiger partial charge in [0.2, 0.25) is 0 Å². The first-order chi connectivity index (χ1) is 8.32. The second kappa shape index (κ2) is 4.54. The maximum absolute atomic E-state index is 5.92. The van der Waals surface area contributed by atoms with Crippen molar-refractivity contribution in [1.82, 2.24) is 0 Å². The third-order valence-electron chi connectivity index (χ3n) is 4.08. The van der Waals surface area contributed by atoms with Crippen molar-refractivity contribution in [2.24, 2.45) is 5.73 Å². The molecular formula is C14H19NOS. The summed E-state index contributed by atoms with van der Waals surface area (Å²) >= 11 is 1.95. The highest BCUT2D eigenvalue weighted by atomic mass is 32.2. The van der Waals surface area contributed by atoms with E-state index in [1.165, 1.54) is 24.8 Å². The van der Waals surface area contributed by atoms with E-state index in [1.807, 2.05) is 11.8 Å². The Morgan fingerprint density at radius 1 is 1.24 bits per heavy atom. The van der Waals surface area contributed by atoms with Crippen molar-refractivity contribution < 1.29 is 4.74 Å². The fraction of sp³-hybridized carbons (Fsp3) is 0.571. The second-order valence-electron chi connectivity index (χ2n) is 5.14. The van der Waals surface area contributed by atoms with Crippen molar-refractivity contribution in [2.45, 2.75) is 30.8 Å². The highest BCUT2D eigenvalue weighted by Crippen LogP contribution is 2.43. The van der Waals surface area contributed by atoms with Gasteiger partial charge in [-0.15, -0.1) is 0 Å². The first-order valence-electron chi connectivity index (χ1n) is 6.37. The molecule has 0 radical (unpaired) electrons. The van der Waals surface area contributed by atoms with Crippen molar-refractivity contribution in [2.75, 3.05) is 18.1 Å². The van der Waals surface area contributed by atoms with Gasteiger partial charge in [0.25, 0.3) is 0 Å². The number of hydrogen-bond acceptors (Lipinski definition) is 3. The molecule has 1 aliphatic carbocycles. The molecule has 1 saturated heterocycles. The van der Waals surface area contributed by atoms with Gasteiger partial charge in [-0.25, -0.2) is 0 Å². The normalized spacial score (nSPS) is 22.6. The van der Waals surface area contributed by atoms with Crippen LogP contribution in [0.25, 0.3) is 0 Å².